The molecule has 0 saturated heterocycles. The van der Waals surface area contributed by atoms with E-state index in [0.29, 0.717) is 28.0 Å². The van der Waals surface area contributed by atoms with E-state index in [2.05, 4.69) is 15.5 Å². The highest BCUT2D eigenvalue weighted by Crippen LogP contribution is 2.29. The van der Waals surface area contributed by atoms with Crippen LogP contribution in [0.15, 0.2) is 69.1 Å². The summed E-state index contributed by atoms with van der Waals surface area (Å²) in [6.07, 6.45) is 0. The second-order valence-corrected chi connectivity index (χ2v) is 6.05. The second kappa shape index (κ2) is 6.18. The van der Waals surface area contributed by atoms with E-state index in [9.17, 15) is 4.39 Å². The number of furan rings is 1. The summed E-state index contributed by atoms with van der Waals surface area (Å²) in [7, 11) is 0. The van der Waals surface area contributed by atoms with Gasteiger partial charge in [-0.3, -0.25) is 5.43 Å². The molecule has 0 aliphatic carbocycles. The van der Waals surface area contributed by atoms with Gasteiger partial charge in [-0.1, -0.05) is 11.6 Å². The molecule has 6 heteroatoms. The number of aryl methyl sites for hydroxylation is 1. The van der Waals surface area contributed by atoms with Gasteiger partial charge in [-0.05, 0) is 61.5 Å². The number of halogens is 2. The monoisotopic (exact) mass is 353 g/mol. The van der Waals surface area contributed by atoms with Gasteiger partial charge in [0.1, 0.15) is 17.3 Å². The molecule has 1 aliphatic rings. The zero-order valence-corrected chi connectivity index (χ0v) is 14.0. The normalized spacial score (nSPS) is 13.4. The molecule has 0 bridgehead atoms. The second-order valence-electron chi connectivity index (χ2n) is 5.61. The average molecular weight is 354 g/mol. The van der Waals surface area contributed by atoms with Gasteiger partial charge in [-0.25, -0.2) is 9.38 Å². The van der Waals surface area contributed by atoms with Crippen LogP contribution in [0.5, 0.6) is 0 Å². The first-order valence-electron chi connectivity index (χ1n) is 7.65. The fourth-order valence-electron chi connectivity index (χ4n) is 2.60. The molecular formula is C19H13ClFN3O. The largest absolute Gasteiger partial charge is 0.460 e. The SMILES string of the molecule is Cc1ccc(C2=NNC(c3ccc(F)cc3)=Nc3ccc(Cl)cc32)o1. The standard InChI is InChI=1S/C19H13ClFN3O/c1-11-2-9-17(25-11)18-15-10-13(20)5-8-16(15)22-19(24-23-18)12-3-6-14(21)7-4-12/h2-10H,1H3,(H,22,24). The minimum atomic E-state index is -0.305. The summed E-state index contributed by atoms with van der Waals surface area (Å²) < 4.78 is 18.9. The van der Waals surface area contributed by atoms with Crippen LogP contribution in [0.3, 0.4) is 0 Å². The van der Waals surface area contributed by atoms with E-state index >= 15 is 0 Å². The number of nitrogens with zero attached hydrogens (tertiary/aromatic N) is 2. The zero-order chi connectivity index (χ0) is 17.4. The summed E-state index contributed by atoms with van der Waals surface area (Å²) in [5, 5.41) is 5.04. The third-order valence-corrected chi connectivity index (χ3v) is 4.05. The summed E-state index contributed by atoms with van der Waals surface area (Å²) in [5.74, 6) is 1.61. The van der Waals surface area contributed by atoms with E-state index in [1.54, 1.807) is 24.3 Å². The first-order valence-corrected chi connectivity index (χ1v) is 8.03. The predicted octanol–water partition coefficient (Wildman–Crippen LogP) is 4.81. The number of aliphatic imine (C=N–C) groups is 1. The lowest BCUT2D eigenvalue weighted by Crippen LogP contribution is -2.19. The molecular weight excluding hydrogens is 341 g/mol. The van der Waals surface area contributed by atoms with Gasteiger partial charge in [0.2, 0.25) is 0 Å². The molecule has 4 nitrogen and oxygen atoms in total. The molecule has 0 amide bonds. The first kappa shape index (κ1) is 15.6. The van der Waals surface area contributed by atoms with Gasteiger partial charge in [0.05, 0.1) is 5.69 Å². The van der Waals surface area contributed by atoms with Crippen LogP contribution in [0.4, 0.5) is 10.1 Å². The van der Waals surface area contributed by atoms with Crippen molar-refractivity contribution in [2.45, 2.75) is 6.92 Å². The van der Waals surface area contributed by atoms with Crippen molar-refractivity contribution in [1.29, 1.82) is 0 Å². The van der Waals surface area contributed by atoms with Gasteiger partial charge in [-0.2, -0.15) is 5.10 Å². The van der Waals surface area contributed by atoms with Gasteiger partial charge in [-0.15, -0.1) is 0 Å². The number of rotatable bonds is 2. The van der Waals surface area contributed by atoms with Crippen LogP contribution >= 0.6 is 11.6 Å². The minimum Gasteiger partial charge on any atom is -0.460 e. The first-order chi connectivity index (χ1) is 12.1. The van der Waals surface area contributed by atoms with Crippen molar-refractivity contribution in [1.82, 2.24) is 5.43 Å². The smallest absolute Gasteiger partial charge is 0.155 e. The Morgan fingerprint density at radius 3 is 2.56 bits per heavy atom. The van der Waals surface area contributed by atoms with Crippen LogP contribution in [-0.2, 0) is 0 Å². The fraction of sp³-hybridized carbons (Fsp3) is 0.0526. The Hall–Kier alpha value is -2.92. The number of fused-ring (bicyclic) bond motifs is 1. The average Bonchev–Trinajstić information content (AvgIpc) is 2.93. The van der Waals surface area contributed by atoms with Gasteiger partial charge < -0.3 is 4.42 Å². The summed E-state index contributed by atoms with van der Waals surface area (Å²) in [4.78, 5) is 4.63. The molecule has 25 heavy (non-hydrogen) atoms. The third kappa shape index (κ3) is 3.06. The number of nitrogens with one attached hydrogen (secondary N) is 1. The Bertz CT molecular complexity index is 1010. The number of amidine groups is 1. The van der Waals surface area contributed by atoms with E-state index in [-0.39, 0.29) is 5.82 Å². The van der Waals surface area contributed by atoms with E-state index in [1.807, 2.05) is 25.1 Å². The maximum Gasteiger partial charge on any atom is 0.155 e. The Labute approximate surface area is 148 Å². The number of hydrazone groups is 1. The number of benzene rings is 2. The molecule has 2 heterocycles. The van der Waals surface area contributed by atoms with Crippen LogP contribution in [0.1, 0.15) is 22.6 Å². The van der Waals surface area contributed by atoms with E-state index in [1.165, 1.54) is 12.1 Å². The molecule has 3 aromatic rings. The Morgan fingerprint density at radius 2 is 1.84 bits per heavy atom. The lowest BCUT2D eigenvalue weighted by atomic mass is 10.1. The molecule has 0 saturated carbocycles. The summed E-state index contributed by atoms with van der Waals surface area (Å²) in [6, 6.07) is 15.2. The van der Waals surface area contributed by atoms with Crippen molar-refractivity contribution in [2.24, 2.45) is 10.1 Å². The highest BCUT2D eigenvalue weighted by atomic mass is 35.5. The van der Waals surface area contributed by atoms with Crippen molar-refractivity contribution < 1.29 is 8.81 Å². The Balaban J connectivity index is 1.86. The van der Waals surface area contributed by atoms with Gasteiger partial charge in [0.25, 0.3) is 0 Å². The van der Waals surface area contributed by atoms with E-state index in [4.69, 9.17) is 16.0 Å². The van der Waals surface area contributed by atoms with Crippen LogP contribution in [-0.4, -0.2) is 11.5 Å². The molecule has 0 unspecified atom stereocenters. The van der Waals surface area contributed by atoms with Crippen LogP contribution < -0.4 is 5.43 Å². The lowest BCUT2D eigenvalue weighted by molar-refractivity contribution is 0.525. The number of hydrogen-bond donors (Lipinski definition) is 1. The molecule has 1 N–H and O–H groups in total. The summed E-state index contributed by atoms with van der Waals surface area (Å²) in [5.41, 5.74) is 5.73. The van der Waals surface area contributed by atoms with Gasteiger partial charge >= 0.3 is 0 Å². The Morgan fingerprint density at radius 1 is 1.04 bits per heavy atom. The maximum atomic E-state index is 13.2. The molecule has 0 radical (unpaired) electrons. The van der Waals surface area contributed by atoms with Crippen LogP contribution in [0.25, 0.3) is 0 Å². The topological polar surface area (TPSA) is 49.9 Å². The number of hydrogen-bond acceptors (Lipinski definition) is 4. The Kier molecular flexibility index (Phi) is 3.86. The highest BCUT2D eigenvalue weighted by Gasteiger charge is 2.20. The molecule has 1 aliphatic heterocycles. The van der Waals surface area contributed by atoms with Gasteiger partial charge in [0, 0.05) is 16.1 Å². The fourth-order valence-corrected chi connectivity index (χ4v) is 2.77. The maximum absolute atomic E-state index is 13.2. The molecule has 0 fully saturated rings. The third-order valence-electron chi connectivity index (χ3n) is 3.81. The summed E-state index contributed by atoms with van der Waals surface area (Å²) in [6.45, 7) is 1.87. The van der Waals surface area contributed by atoms with Crippen molar-refractivity contribution in [3.63, 3.8) is 0 Å². The van der Waals surface area contributed by atoms with Crippen molar-refractivity contribution in [3.8, 4) is 0 Å². The van der Waals surface area contributed by atoms with E-state index < -0.39 is 0 Å². The van der Waals surface area contributed by atoms with Gasteiger partial charge in [0.15, 0.2) is 11.6 Å². The van der Waals surface area contributed by atoms with Crippen molar-refractivity contribution in [2.75, 3.05) is 0 Å². The molecule has 1 aromatic heterocycles. The van der Waals surface area contributed by atoms with Crippen molar-refractivity contribution >= 4 is 28.8 Å². The summed E-state index contributed by atoms with van der Waals surface area (Å²) >= 11 is 6.16. The van der Waals surface area contributed by atoms with Crippen molar-refractivity contribution in [3.05, 3.63) is 88.1 Å². The van der Waals surface area contributed by atoms with Crippen LogP contribution in [0.2, 0.25) is 5.02 Å². The zero-order valence-electron chi connectivity index (χ0n) is 13.3. The lowest BCUT2D eigenvalue weighted by Gasteiger charge is -2.05. The molecule has 4 rings (SSSR count). The highest BCUT2D eigenvalue weighted by molar-refractivity contribution is 6.31. The predicted molar refractivity (Wildman–Crippen MR) is 96.3 cm³/mol. The molecule has 0 atom stereocenters. The van der Waals surface area contributed by atoms with E-state index in [0.717, 1.165) is 16.9 Å². The quantitative estimate of drug-likeness (QED) is 0.718. The molecule has 124 valence electrons. The van der Waals surface area contributed by atoms with Crippen LogP contribution in [0, 0.1) is 12.7 Å². The minimum absolute atomic E-state index is 0.305. The molecule has 0 spiro atoms. The molecule has 2 aromatic carbocycles.